The van der Waals surface area contributed by atoms with Gasteiger partial charge in [0, 0.05) is 0 Å². The van der Waals surface area contributed by atoms with E-state index in [-0.39, 0.29) is 5.82 Å². The van der Waals surface area contributed by atoms with Crippen molar-refractivity contribution in [2.45, 2.75) is 20.0 Å². The molecular weight excluding hydrogens is 241 g/mol. The predicted molar refractivity (Wildman–Crippen MR) is 74.7 cm³/mol. The zero-order chi connectivity index (χ0) is 13.7. The van der Waals surface area contributed by atoms with Crippen LogP contribution in [0.5, 0.6) is 5.75 Å². The lowest BCUT2D eigenvalue weighted by molar-refractivity contribution is 0.301. The van der Waals surface area contributed by atoms with Gasteiger partial charge in [0.25, 0.3) is 0 Å². The second-order valence-corrected chi connectivity index (χ2v) is 4.51. The van der Waals surface area contributed by atoms with Crippen LogP contribution in [0, 0.1) is 12.7 Å². The molecule has 0 spiro atoms. The molecule has 0 radical (unpaired) electrons. The molecule has 0 aliphatic rings. The van der Waals surface area contributed by atoms with Gasteiger partial charge in [-0.3, -0.25) is 0 Å². The lowest BCUT2D eigenvalue weighted by Gasteiger charge is -2.12. The lowest BCUT2D eigenvalue weighted by Crippen LogP contribution is -2.06. The van der Waals surface area contributed by atoms with Gasteiger partial charge in [-0.05, 0) is 54.8 Å². The van der Waals surface area contributed by atoms with Crippen LogP contribution in [0.2, 0.25) is 0 Å². The summed E-state index contributed by atoms with van der Waals surface area (Å²) in [7, 11) is 0. The van der Waals surface area contributed by atoms with Crippen LogP contribution in [0.25, 0.3) is 0 Å². The summed E-state index contributed by atoms with van der Waals surface area (Å²) in [5, 5.41) is 0. The first-order valence-electron chi connectivity index (χ1n) is 6.36. The van der Waals surface area contributed by atoms with E-state index in [9.17, 15) is 4.39 Å². The molecule has 2 nitrogen and oxygen atoms in total. The van der Waals surface area contributed by atoms with E-state index in [0.29, 0.717) is 13.2 Å². The average Bonchev–Trinajstić information content (AvgIpc) is 2.42. The molecule has 0 atom stereocenters. The Balaban J connectivity index is 2.12. The molecule has 2 N–H and O–H groups in total. The van der Waals surface area contributed by atoms with Crippen molar-refractivity contribution in [3.8, 4) is 5.75 Å². The number of rotatable bonds is 5. The number of para-hydroxylation sites is 1. The molecule has 19 heavy (non-hydrogen) atoms. The van der Waals surface area contributed by atoms with Crippen LogP contribution < -0.4 is 10.5 Å². The summed E-state index contributed by atoms with van der Waals surface area (Å²) < 4.78 is 19.0. The van der Waals surface area contributed by atoms with E-state index >= 15 is 0 Å². The van der Waals surface area contributed by atoms with Crippen LogP contribution >= 0.6 is 0 Å². The quantitative estimate of drug-likeness (QED) is 0.894. The van der Waals surface area contributed by atoms with Gasteiger partial charge in [-0.25, -0.2) is 4.39 Å². The van der Waals surface area contributed by atoms with Gasteiger partial charge in [0.2, 0.25) is 0 Å². The van der Waals surface area contributed by atoms with Crippen molar-refractivity contribution >= 4 is 0 Å². The van der Waals surface area contributed by atoms with E-state index in [0.717, 1.165) is 28.9 Å². The second-order valence-electron chi connectivity index (χ2n) is 4.51. The highest BCUT2D eigenvalue weighted by Gasteiger charge is 2.05. The minimum atomic E-state index is -0.237. The molecule has 2 aromatic carbocycles. The third-order valence-corrected chi connectivity index (χ3v) is 3.08. The summed E-state index contributed by atoms with van der Waals surface area (Å²) in [6.45, 7) is 2.90. The van der Waals surface area contributed by atoms with Crippen LogP contribution in [0.1, 0.15) is 16.7 Å². The second kappa shape index (κ2) is 6.34. The molecule has 3 heteroatoms. The van der Waals surface area contributed by atoms with Gasteiger partial charge in [-0.15, -0.1) is 0 Å². The standard InChI is InChI=1S/C16H18FNO/c1-12-6-7-15(17)10-14(12)11-19-16-5-3-2-4-13(16)8-9-18/h2-7,10H,8-9,11,18H2,1H3. The molecule has 0 aliphatic heterocycles. The Kier molecular flexibility index (Phi) is 4.53. The Morgan fingerprint density at radius 3 is 2.68 bits per heavy atom. The molecule has 100 valence electrons. The number of nitrogens with two attached hydrogens (primary N) is 1. The third kappa shape index (κ3) is 3.55. The van der Waals surface area contributed by atoms with Crippen molar-refractivity contribution < 1.29 is 9.13 Å². The van der Waals surface area contributed by atoms with E-state index in [1.807, 2.05) is 31.2 Å². The summed E-state index contributed by atoms with van der Waals surface area (Å²) in [5.41, 5.74) is 8.55. The fraction of sp³-hybridized carbons (Fsp3) is 0.250. The third-order valence-electron chi connectivity index (χ3n) is 3.08. The minimum Gasteiger partial charge on any atom is -0.489 e. The molecule has 0 aliphatic carbocycles. The number of benzene rings is 2. The van der Waals surface area contributed by atoms with Crippen molar-refractivity contribution in [1.82, 2.24) is 0 Å². The fourth-order valence-corrected chi connectivity index (χ4v) is 1.96. The van der Waals surface area contributed by atoms with E-state index in [2.05, 4.69) is 0 Å². The minimum absolute atomic E-state index is 0.237. The Hall–Kier alpha value is -1.87. The smallest absolute Gasteiger partial charge is 0.123 e. The van der Waals surface area contributed by atoms with Crippen LogP contribution in [-0.2, 0) is 13.0 Å². The van der Waals surface area contributed by atoms with Gasteiger partial charge in [0.15, 0.2) is 0 Å². The maximum atomic E-state index is 13.2. The zero-order valence-electron chi connectivity index (χ0n) is 11.0. The van der Waals surface area contributed by atoms with E-state index in [1.54, 1.807) is 6.07 Å². The van der Waals surface area contributed by atoms with Gasteiger partial charge in [0.05, 0.1) is 0 Å². The van der Waals surface area contributed by atoms with Crippen LogP contribution in [-0.4, -0.2) is 6.54 Å². The summed E-state index contributed by atoms with van der Waals surface area (Å²) in [6, 6.07) is 12.5. The highest BCUT2D eigenvalue weighted by molar-refractivity contribution is 5.34. The van der Waals surface area contributed by atoms with Gasteiger partial charge < -0.3 is 10.5 Å². The van der Waals surface area contributed by atoms with E-state index in [4.69, 9.17) is 10.5 Å². The number of aryl methyl sites for hydroxylation is 1. The lowest BCUT2D eigenvalue weighted by atomic mass is 10.1. The maximum absolute atomic E-state index is 13.2. The van der Waals surface area contributed by atoms with Gasteiger partial charge in [0.1, 0.15) is 18.2 Å². The first kappa shape index (κ1) is 13.6. The fourth-order valence-electron chi connectivity index (χ4n) is 1.96. The number of ether oxygens (including phenoxy) is 1. The Morgan fingerprint density at radius 1 is 1.11 bits per heavy atom. The highest BCUT2D eigenvalue weighted by atomic mass is 19.1. The van der Waals surface area contributed by atoms with Crippen LogP contribution in [0.4, 0.5) is 4.39 Å². The monoisotopic (exact) mass is 259 g/mol. The topological polar surface area (TPSA) is 35.2 Å². The molecule has 0 saturated heterocycles. The zero-order valence-corrected chi connectivity index (χ0v) is 11.0. The van der Waals surface area contributed by atoms with Gasteiger partial charge >= 0.3 is 0 Å². The van der Waals surface area contributed by atoms with E-state index in [1.165, 1.54) is 12.1 Å². The maximum Gasteiger partial charge on any atom is 0.123 e. The Labute approximate surface area is 113 Å². The normalized spacial score (nSPS) is 10.5. The molecule has 0 aromatic heterocycles. The van der Waals surface area contributed by atoms with E-state index < -0.39 is 0 Å². The van der Waals surface area contributed by atoms with Crippen molar-refractivity contribution in [2.24, 2.45) is 5.73 Å². The molecule has 0 bridgehead atoms. The molecule has 2 aromatic rings. The average molecular weight is 259 g/mol. The number of halogens is 1. The number of hydrogen-bond acceptors (Lipinski definition) is 2. The van der Waals surface area contributed by atoms with Crippen molar-refractivity contribution in [3.05, 3.63) is 65.0 Å². The first-order chi connectivity index (χ1) is 9.20. The molecule has 0 amide bonds. The van der Waals surface area contributed by atoms with Gasteiger partial charge in [-0.1, -0.05) is 24.3 Å². The largest absolute Gasteiger partial charge is 0.489 e. The summed E-state index contributed by atoms with van der Waals surface area (Å²) >= 11 is 0. The highest BCUT2D eigenvalue weighted by Crippen LogP contribution is 2.20. The number of hydrogen-bond donors (Lipinski definition) is 1. The molecule has 0 heterocycles. The van der Waals surface area contributed by atoms with Crippen molar-refractivity contribution in [2.75, 3.05) is 6.54 Å². The van der Waals surface area contributed by atoms with Crippen molar-refractivity contribution in [1.29, 1.82) is 0 Å². The molecule has 2 rings (SSSR count). The SMILES string of the molecule is Cc1ccc(F)cc1COc1ccccc1CCN. The molecule has 0 unspecified atom stereocenters. The summed E-state index contributed by atoms with van der Waals surface area (Å²) in [5.74, 6) is 0.580. The van der Waals surface area contributed by atoms with Crippen LogP contribution in [0.15, 0.2) is 42.5 Å². The van der Waals surface area contributed by atoms with Gasteiger partial charge in [-0.2, -0.15) is 0 Å². The van der Waals surface area contributed by atoms with Crippen LogP contribution in [0.3, 0.4) is 0 Å². The molecular formula is C16H18FNO. The Bertz CT molecular complexity index is 554. The summed E-state index contributed by atoms with van der Waals surface area (Å²) in [4.78, 5) is 0. The first-order valence-corrected chi connectivity index (χ1v) is 6.36. The molecule has 0 saturated carbocycles. The molecule has 0 fully saturated rings. The van der Waals surface area contributed by atoms with Crippen molar-refractivity contribution in [3.63, 3.8) is 0 Å². The summed E-state index contributed by atoms with van der Waals surface area (Å²) in [6.07, 6.45) is 0.776. The predicted octanol–water partition coefficient (Wildman–Crippen LogP) is 3.21. The Morgan fingerprint density at radius 2 is 1.89 bits per heavy atom.